The van der Waals surface area contributed by atoms with Gasteiger partial charge >= 0.3 is 0 Å². The Kier molecular flexibility index (Phi) is 9.04. The van der Waals surface area contributed by atoms with Gasteiger partial charge in [-0.3, -0.25) is 4.79 Å². The average Bonchev–Trinajstić information content (AvgIpc) is 2.56. The van der Waals surface area contributed by atoms with Gasteiger partial charge in [-0.2, -0.15) is 11.8 Å². The molecular formula is C19H21Cl2NOS2. The van der Waals surface area contributed by atoms with E-state index in [-0.39, 0.29) is 5.91 Å². The highest BCUT2D eigenvalue weighted by Crippen LogP contribution is 2.24. The van der Waals surface area contributed by atoms with Crippen molar-refractivity contribution in [3.05, 3.63) is 69.2 Å². The normalized spacial score (nSPS) is 10.7. The summed E-state index contributed by atoms with van der Waals surface area (Å²) >= 11 is 15.4. The van der Waals surface area contributed by atoms with Crippen LogP contribution >= 0.6 is 46.7 Å². The average molecular weight is 414 g/mol. The van der Waals surface area contributed by atoms with Crippen molar-refractivity contribution in [2.24, 2.45) is 0 Å². The van der Waals surface area contributed by atoms with Crippen molar-refractivity contribution < 1.29 is 4.79 Å². The molecule has 25 heavy (non-hydrogen) atoms. The van der Waals surface area contributed by atoms with Gasteiger partial charge in [0.2, 0.25) is 5.91 Å². The molecule has 6 heteroatoms. The van der Waals surface area contributed by atoms with E-state index in [0.717, 1.165) is 17.1 Å². The van der Waals surface area contributed by atoms with E-state index in [2.05, 4.69) is 36.5 Å². The maximum atomic E-state index is 11.9. The van der Waals surface area contributed by atoms with Crippen LogP contribution in [0.1, 0.15) is 16.7 Å². The number of nitrogens with one attached hydrogen (secondary N) is 1. The smallest absolute Gasteiger partial charge is 0.230 e. The number of hydrogen-bond donors (Lipinski definition) is 1. The number of amides is 1. The minimum absolute atomic E-state index is 0.0613. The van der Waals surface area contributed by atoms with Gasteiger partial charge in [0.05, 0.1) is 5.75 Å². The van der Waals surface area contributed by atoms with Crippen molar-refractivity contribution in [3.63, 3.8) is 0 Å². The summed E-state index contributed by atoms with van der Waals surface area (Å²) in [6.07, 6.45) is 0. The molecule has 0 heterocycles. The lowest BCUT2D eigenvalue weighted by Crippen LogP contribution is -2.27. The van der Waals surface area contributed by atoms with Crippen molar-refractivity contribution in [2.45, 2.75) is 18.4 Å². The molecule has 0 fully saturated rings. The molecule has 1 N–H and O–H groups in total. The van der Waals surface area contributed by atoms with Crippen LogP contribution in [-0.4, -0.2) is 24.0 Å². The third-order valence-corrected chi connectivity index (χ3v) is 6.02. The zero-order valence-corrected chi connectivity index (χ0v) is 17.2. The van der Waals surface area contributed by atoms with Crippen LogP contribution in [0.4, 0.5) is 0 Å². The van der Waals surface area contributed by atoms with E-state index in [0.29, 0.717) is 28.1 Å². The van der Waals surface area contributed by atoms with Crippen LogP contribution in [0.5, 0.6) is 0 Å². The summed E-state index contributed by atoms with van der Waals surface area (Å²) in [5.74, 6) is 3.08. The van der Waals surface area contributed by atoms with Crippen molar-refractivity contribution in [2.75, 3.05) is 18.1 Å². The summed E-state index contributed by atoms with van der Waals surface area (Å²) in [4.78, 5) is 11.9. The first-order valence-electron chi connectivity index (χ1n) is 7.96. The summed E-state index contributed by atoms with van der Waals surface area (Å²) < 4.78 is 0. The number of carbonyl (C=O) groups excluding carboxylic acids is 1. The number of rotatable bonds is 9. The van der Waals surface area contributed by atoms with Gasteiger partial charge in [-0.05, 0) is 30.2 Å². The summed E-state index contributed by atoms with van der Waals surface area (Å²) in [6.45, 7) is 2.79. The molecule has 0 aliphatic heterocycles. The Labute approximate surface area is 168 Å². The van der Waals surface area contributed by atoms with Crippen molar-refractivity contribution in [1.29, 1.82) is 0 Å². The van der Waals surface area contributed by atoms with E-state index in [1.54, 1.807) is 17.8 Å². The Morgan fingerprint density at radius 3 is 2.68 bits per heavy atom. The van der Waals surface area contributed by atoms with Gasteiger partial charge in [-0.25, -0.2) is 0 Å². The van der Waals surface area contributed by atoms with E-state index in [9.17, 15) is 4.79 Å². The number of carbonyl (C=O) groups is 1. The third-order valence-electron chi connectivity index (χ3n) is 3.43. The van der Waals surface area contributed by atoms with Gasteiger partial charge in [-0.1, -0.05) is 59.1 Å². The maximum absolute atomic E-state index is 11.9. The van der Waals surface area contributed by atoms with Crippen molar-refractivity contribution in [3.8, 4) is 0 Å². The number of hydrogen-bond acceptors (Lipinski definition) is 3. The lowest BCUT2D eigenvalue weighted by molar-refractivity contribution is -0.118. The Bertz CT molecular complexity index is 710. The summed E-state index contributed by atoms with van der Waals surface area (Å²) in [7, 11) is 0. The largest absolute Gasteiger partial charge is 0.355 e. The van der Waals surface area contributed by atoms with Crippen molar-refractivity contribution >= 4 is 52.6 Å². The van der Waals surface area contributed by atoms with E-state index >= 15 is 0 Å². The fourth-order valence-corrected chi connectivity index (χ4v) is 4.42. The molecule has 134 valence electrons. The van der Waals surface area contributed by atoms with Gasteiger partial charge in [0.1, 0.15) is 0 Å². The fourth-order valence-electron chi connectivity index (χ4n) is 2.20. The third kappa shape index (κ3) is 7.95. The molecule has 2 nitrogen and oxygen atoms in total. The lowest BCUT2D eigenvalue weighted by atomic mass is 10.2. The van der Waals surface area contributed by atoms with E-state index in [4.69, 9.17) is 23.2 Å². The predicted octanol–water partition coefficient (Wildman–Crippen LogP) is 5.58. The van der Waals surface area contributed by atoms with Crippen LogP contribution in [-0.2, 0) is 16.3 Å². The molecule has 0 spiro atoms. The second kappa shape index (κ2) is 11.0. The molecule has 2 rings (SSSR count). The Hall–Kier alpha value is -0.810. The summed E-state index contributed by atoms with van der Waals surface area (Å²) in [5, 5.41) is 4.23. The number of halogens is 2. The first-order chi connectivity index (χ1) is 12.0. The molecule has 0 unspecified atom stereocenters. The summed E-state index contributed by atoms with van der Waals surface area (Å²) in [5.41, 5.74) is 3.61. The van der Waals surface area contributed by atoms with Crippen LogP contribution < -0.4 is 5.32 Å². The number of aryl methyl sites for hydroxylation is 1. The quantitative estimate of drug-likeness (QED) is 0.543. The second-order valence-electron chi connectivity index (χ2n) is 5.62. The molecule has 2 aromatic rings. The molecule has 0 atom stereocenters. The van der Waals surface area contributed by atoms with Gasteiger partial charge in [0.25, 0.3) is 0 Å². The molecule has 0 aliphatic rings. The fraction of sp³-hybridized carbons (Fsp3) is 0.316. The van der Waals surface area contributed by atoms with E-state index < -0.39 is 0 Å². The first kappa shape index (κ1) is 20.5. The molecule has 0 aromatic heterocycles. The van der Waals surface area contributed by atoms with Crippen molar-refractivity contribution in [1.82, 2.24) is 5.32 Å². The van der Waals surface area contributed by atoms with Crippen LogP contribution in [0.15, 0.2) is 42.5 Å². The van der Waals surface area contributed by atoms with E-state index in [1.165, 1.54) is 11.1 Å². The molecule has 0 radical (unpaired) electrons. The van der Waals surface area contributed by atoms with Gasteiger partial charge in [0, 0.05) is 33.8 Å². The highest BCUT2D eigenvalue weighted by molar-refractivity contribution is 7.99. The molecule has 0 saturated carbocycles. The topological polar surface area (TPSA) is 29.1 Å². The molecule has 0 saturated heterocycles. The number of benzene rings is 2. The van der Waals surface area contributed by atoms with Gasteiger partial charge in [-0.15, -0.1) is 11.8 Å². The Morgan fingerprint density at radius 1 is 1.08 bits per heavy atom. The highest BCUT2D eigenvalue weighted by Gasteiger charge is 2.05. The predicted molar refractivity (Wildman–Crippen MR) is 113 cm³/mol. The minimum atomic E-state index is 0.0613. The molecule has 1 amide bonds. The molecule has 0 aliphatic carbocycles. The SMILES string of the molecule is Cc1cccc(CSCCNC(=O)CSCc2ccc(Cl)cc2Cl)c1. The summed E-state index contributed by atoms with van der Waals surface area (Å²) in [6, 6.07) is 14.0. The van der Waals surface area contributed by atoms with Crippen LogP contribution in [0.2, 0.25) is 10.0 Å². The molecule has 2 aromatic carbocycles. The van der Waals surface area contributed by atoms with Gasteiger partial charge < -0.3 is 5.32 Å². The van der Waals surface area contributed by atoms with Gasteiger partial charge in [0.15, 0.2) is 0 Å². The zero-order valence-electron chi connectivity index (χ0n) is 14.1. The van der Waals surface area contributed by atoms with Crippen LogP contribution in [0.25, 0.3) is 0 Å². The minimum Gasteiger partial charge on any atom is -0.355 e. The molecule has 0 bridgehead atoms. The second-order valence-corrected chi connectivity index (χ2v) is 8.55. The Morgan fingerprint density at radius 2 is 1.92 bits per heavy atom. The first-order valence-corrected chi connectivity index (χ1v) is 11.0. The Balaban J connectivity index is 1.56. The monoisotopic (exact) mass is 413 g/mol. The lowest BCUT2D eigenvalue weighted by Gasteiger charge is -2.07. The standard InChI is InChI=1S/C19H21Cl2NOS2/c1-14-3-2-4-15(9-14)11-24-8-7-22-19(23)13-25-12-16-5-6-17(20)10-18(16)21/h2-6,9-10H,7-8,11-13H2,1H3,(H,22,23). The zero-order chi connectivity index (χ0) is 18.1. The van der Waals surface area contributed by atoms with Crippen LogP contribution in [0, 0.1) is 6.92 Å². The van der Waals surface area contributed by atoms with Crippen LogP contribution in [0.3, 0.4) is 0 Å². The molecular weight excluding hydrogens is 393 g/mol. The van der Waals surface area contributed by atoms with E-state index in [1.807, 2.05) is 23.9 Å². The highest BCUT2D eigenvalue weighted by atomic mass is 35.5. The maximum Gasteiger partial charge on any atom is 0.230 e. The number of thioether (sulfide) groups is 2.